The van der Waals surface area contributed by atoms with Crippen molar-refractivity contribution in [1.29, 1.82) is 0 Å². The van der Waals surface area contributed by atoms with E-state index in [1.807, 2.05) is 13.8 Å². The number of rotatable bonds is 5. The number of carbonyl (C=O) groups is 1. The highest BCUT2D eigenvalue weighted by molar-refractivity contribution is 5.81. The van der Waals surface area contributed by atoms with Crippen LogP contribution in [0.4, 0.5) is 0 Å². The van der Waals surface area contributed by atoms with Gasteiger partial charge in [0.1, 0.15) is 6.10 Å². The quantitative estimate of drug-likeness (QED) is 0.743. The van der Waals surface area contributed by atoms with Crippen LogP contribution in [0.15, 0.2) is 0 Å². The Labute approximate surface area is 97.9 Å². The molecule has 94 valence electrons. The highest BCUT2D eigenvalue weighted by atomic mass is 16.5. The van der Waals surface area contributed by atoms with E-state index in [2.05, 4.69) is 12.2 Å². The van der Waals surface area contributed by atoms with Gasteiger partial charge in [-0.15, -0.1) is 0 Å². The maximum atomic E-state index is 11.8. The molecule has 1 aliphatic carbocycles. The molecule has 1 amide bonds. The van der Waals surface area contributed by atoms with Crippen LogP contribution in [0.25, 0.3) is 0 Å². The van der Waals surface area contributed by atoms with Crippen molar-refractivity contribution in [3.8, 4) is 0 Å². The highest BCUT2D eigenvalue weighted by Gasteiger charge is 2.31. The molecule has 0 aromatic rings. The molecular formula is C12H24N2O2. The first-order chi connectivity index (χ1) is 7.34. The van der Waals surface area contributed by atoms with Crippen molar-refractivity contribution in [2.75, 3.05) is 0 Å². The van der Waals surface area contributed by atoms with Gasteiger partial charge in [0, 0.05) is 11.6 Å². The maximum absolute atomic E-state index is 11.8. The van der Waals surface area contributed by atoms with Crippen molar-refractivity contribution in [2.45, 2.75) is 70.7 Å². The summed E-state index contributed by atoms with van der Waals surface area (Å²) in [5, 5.41) is 2.98. The first-order valence-electron chi connectivity index (χ1n) is 6.07. The minimum absolute atomic E-state index is 0.0349. The lowest BCUT2D eigenvalue weighted by Crippen LogP contribution is -2.50. The summed E-state index contributed by atoms with van der Waals surface area (Å²) in [4.78, 5) is 11.8. The third-order valence-electron chi connectivity index (χ3n) is 3.24. The third kappa shape index (κ3) is 3.76. The molecule has 4 nitrogen and oxygen atoms in total. The lowest BCUT2D eigenvalue weighted by Gasteiger charge is -2.35. The molecule has 1 rings (SSSR count). The summed E-state index contributed by atoms with van der Waals surface area (Å²) >= 11 is 0. The molecular weight excluding hydrogens is 204 g/mol. The fourth-order valence-electron chi connectivity index (χ4n) is 1.59. The Morgan fingerprint density at radius 3 is 2.56 bits per heavy atom. The van der Waals surface area contributed by atoms with Crippen LogP contribution in [0.1, 0.15) is 47.0 Å². The first-order valence-corrected chi connectivity index (χ1v) is 6.07. The largest absolute Gasteiger partial charge is 0.365 e. The Hall–Kier alpha value is -0.610. The van der Waals surface area contributed by atoms with Crippen LogP contribution < -0.4 is 11.1 Å². The van der Waals surface area contributed by atoms with Crippen LogP contribution in [-0.4, -0.2) is 29.7 Å². The van der Waals surface area contributed by atoms with E-state index in [0.717, 1.165) is 19.3 Å². The maximum Gasteiger partial charge on any atom is 0.249 e. The molecule has 0 aromatic heterocycles. The van der Waals surface area contributed by atoms with Crippen molar-refractivity contribution in [1.82, 2.24) is 5.32 Å². The van der Waals surface area contributed by atoms with Gasteiger partial charge in [-0.05, 0) is 40.0 Å². The molecule has 1 fully saturated rings. The van der Waals surface area contributed by atoms with E-state index in [-0.39, 0.29) is 29.7 Å². The Morgan fingerprint density at radius 1 is 1.56 bits per heavy atom. The summed E-state index contributed by atoms with van der Waals surface area (Å²) in [6, 6.07) is 0.257. The molecule has 0 saturated heterocycles. The molecule has 4 heteroatoms. The number of ether oxygens (including phenoxy) is 1. The van der Waals surface area contributed by atoms with Gasteiger partial charge in [0.2, 0.25) is 5.91 Å². The molecule has 16 heavy (non-hydrogen) atoms. The van der Waals surface area contributed by atoms with Crippen molar-refractivity contribution >= 4 is 5.91 Å². The molecule has 0 aromatic carbocycles. The van der Waals surface area contributed by atoms with E-state index in [1.54, 1.807) is 6.92 Å². The summed E-state index contributed by atoms with van der Waals surface area (Å²) in [6.45, 7) is 7.87. The Balaban J connectivity index is 2.30. The van der Waals surface area contributed by atoms with E-state index in [0.29, 0.717) is 0 Å². The van der Waals surface area contributed by atoms with Gasteiger partial charge >= 0.3 is 0 Å². The van der Waals surface area contributed by atoms with E-state index in [4.69, 9.17) is 10.5 Å². The zero-order valence-corrected chi connectivity index (χ0v) is 10.7. The van der Waals surface area contributed by atoms with E-state index < -0.39 is 0 Å². The van der Waals surface area contributed by atoms with Crippen molar-refractivity contribution in [3.63, 3.8) is 0 Å². The van der Waals surface area contributed by atoms with Crippen LogP contribution in [0, 0.1) is 0 Å². The van der Waals surface area contributed by atoms with Crippen LogP contribution in [0.5, 0.6) is 0 Å². The summed E-state index contributed by atoms with van der Waals surface area (Å²) in [7, 11) is 0. The molecule has 0 bridgehead atoms. The highest BCUT2D eigenvalue weighted by Crippen LogP contribution is 2.22. The SMILES string of the molecule is CCC(C)(C)NC(=O)C(C)OC1CC(N)C1. The Kier molecular flexibility index (Phi) is 4.33. The topological polar surface area (TPSA) is 64.3 Å². The molecule has 0 aliphatic heterocycles. The van der Waals surface area contributed by atoms with Gasteiger partial charge in [0.05, 0.1) is 6.10 Å². The average molecular weight is 228 g/mol. The van der Waals surface area contributed by atoms with Crippen molar-refractivity contribution in [3.05, 3.63) is 0 Å². The number of nitrogens with two attached hydrogens (primary N) is 1. The number of amides is 1. The van der Waals surface area contributed by atoms with Crippen LogP contribution in [0.2, 0.25) is 0 Å². The molecule has 1 aliphatic rings. The molecule has 0 spiro atoms. The normalized spacial score (nSPS) is 27.1. The molecule has 1 saturated carbocycles. The van der Waals surface area contributed by atoms with Gasteiger partial charge in [-0.1, -0.05) is 6.92 Å². The predicted molar refractivity (Wildman–Crippen MR) is 64.1 cm³/mol. The van der Waals surface area contributed by atoms with Gasteiger partial charge in [-0.3, -0.25) is 4.79 Å². The van der Waals surface area contributed by atoms with Crippen LogP contribution in [0.3, 0.4) is 0 Å². The monoisotopic (exact) mass is 228 g/mol. The van der Waals surface area contributed by atoms with Gasteiger partial charge in [-0.2, -0.15) is 0 Å². The zero-order chi connectivity index (χ0) is 12.3. The van der Waals surface area contributed by atoms with Crippen molar-refractivity contribution < 1.29 is 9.53 Å². The molecule has 3 N–H and O–H groups in total. The number of hydrogen-bond donors (Lipinski definition) is 2. The molecule has 0 heterocycles. The zero-order valence-electron chi connectivity index (χ0n) is 10.7. The van der Waals surface area contributed by atoms with Crippen LogP contribution >= 0.6 is 0 Å². The first kappa shape index (κ1) is 13.5. The minimum Gasteiger partial charge on any atom is -0.365 e. The molecule has 1 atom stereocenters. The molecule has 0 radical (unpaired) electrons. The number of hydrogen-bond acceptors (Lipinski definition) is 3. The summed E-state index contributed by atoms with van der Waals surface area (Å²) < 4.78 is 5.62. The van der Waals surface area contributed by atoms with Gasteiger partial charge in [-0.25, -0.2) is 0 Å². The van der Waals surface area contributed by atoms with E-state index >= 15 is 0 Å². The summed E-state index contributed by atoms with van der Waals surface area (Å²) in [5.74, 6) is -0.0349. The second kappa shape index (κ2) is 5.15. The summed E-state index contributed by atoms with van der Waals surface area (Å²) in [5.41, 5.74) is 5.50. The summed E-state index contributed by atoms with van der Waals surface area (Å²) in [6.07, 6.45) is 2.42. The average Bonchev–Trinajstić information content (AvgIpc) is 2.14. The Bertz CT molecular complexity index is 247. The lowest BCUT2D eigenvalue weighted by molar-refractivity contribution is -0.141. The second-order valence-electron chi connectivity index (χ2n) is 5.36. The number of nitrogens with one attached hydrogen (secondary N) is 1. The smallest absolute Gasteiger partial charge is 0.249 e. The fraction of sp³-hybridized carbons (Fsp3) is 0.917. The lowest BCUT2D eigenvalue weighted by atomic mass is 9.90. The van der Waals surface area contributed by atoms with Crippen LogP contribution in [-0.2, 0) is 9.53 Å². The van der Waals surface area contributed by atoms with Gasteiger partial charge < -0.3 is 15.8 Å². The molecule has 1 unspecified atom stereocenters. The van der Waals surface area contributed by atoms with Gasteiger partial charge in [0.25, 0.3) is 0 Å². The Morgan fingerprint density at radius 2 is 2.12 bits per heavy atom. The van der Waals surface area contributed by atoms with Crippen molar-refractivity contribution in [2.24, 2.45) is 5.73 Å². The third-order valence-corrected chi connectivity index (χ3v) is 3.24. The number of carbonyl (C=O) groups excluding carboxylic acids is 1. The standard InChI is InChI=1S/C12H24N2O2/c1-5-12(3,4)14-11(15)8(2)16-10-6-9(13)7-10/h8-10H,5-7,13H2,1-4H3,(H,14,15). The van der Waals surface area contributed by atoms with E-state index in [9.17, 15) is 4.79 Å². The second-order valence-corrected chi connectivity index (χ2v) is 5.36. The fourth-order valence-corrected chi connectivity index (χ4v) is 1.59. The predicted octanol–water partition coefficient (Wildman–Crippen LogP) is 1.19. The van der Waals surface area contributed by atoms with Gasteiger partial charge in [0.15, 0.2) is 0 Å². The minimum atomic E-state index is -0.386. The van der Waals surface area contributed by atoms with E-state index in [1.165, 1.54) is 0 Å².